The van der Waals surface area contributed by atoms with Crippen molar-refractivity contribution < 1.29 is 9.84 Å². The fraction of sp³-hybridized carbons (Fsp3) is 0.591. The molecule has 3 heteroatoms. The molecule has 1 aromatic carbocycles. The zero-order valence-electron chi connectivity index (χ0n) is 17.1. The van der Waals surface area contributed by atoms with Crippen molar-refractivity contribution in [2.45, 2.75) is 73.1 Å². The topological polar surface area (TPSA) is 46.5 Å². The molecule has 0 saturated carbocycles. The van der Waals surface area contributed by atoms with Gasteiger partial charge in [0.05, 0.1) is 7.11 Å². The first kappa shape index (κ1) is 21.3. The summed E-state index contributed by atoms with van der Waals surface area (Å²) in [5.74, 6) is 0.907. The Balaban J connectivity index is 3.44. The molecule has 0 fully saturated rings. The van der Waals surface area contributed by atoms with Crippen LogP contribution in [-0.4, -0.2) is 12.2 Å². The standard InChI is InChI=1S/C22H34O3/c1-9-17(12-14(2)3)10-11-22(6,7)19-15(4)13-18(23)21(25-8)16(5)20(19)24/h10,13-14,23H,9,11-12H2,1-8H3. The van der Waals surface area contributed by atoms with Gasteiger partial charge < -0.3 is 9.84 Å². The zero-order chi connectivity index (χ0) is 19.4. The first-order chi connectivity index (χ1) is 11.5. The van der Waals surface area contributed by atoms with Gasteiger partial charge in [-0.1, -0.05) is 46.3 Å². The predicted molar refractivity (Wildman–Crippen MR) is 106 cm³/mol. The third kappa shape index (κ3) is 5.10. The van der Waals surface area contributed by atoms with Crippen LogP contribution < -0.4 is 10.2 Å². The van der Waals surface area contributed by atoms with Crippen molar-refractivity contribution in [2.75, 3.05) is 7.11 Å². The van der Waals surface area contributed by atoms with Gasteiger partial charge in [0.25, 0.3) is 0 Å². The molecule has 0 saturated heterocycles. The summed E-state index contributed by atoms with van der Waals surface area (Å²) in [5, 5.41) is 10.2. The van der Waals surface area contributed by atoms with E-state index in [4.69, 9.17) is 4.74 Å². The Morgan fingerprint density at radius 3 is 2.40 bits per heavy atom. The highest BCUT2D eigenvalue weighted by Crippen LogP contribution is 2.34. The molecule has 3 nitrogen and oxygen atoms in total. The Labute approximate surface area is 152 Å². The van der Waals surface area contributed by atoms with E-state index in [1.807, 2.05) is 6.92 Å². The van der Waals surface area contributed by atoms with Crippen molar-refractivity contribution in [2.24, 2.45) is 5.92 Å². The van der Waals surface area contributed by atoms with Crippen LogP contribution in [0.3, 0.4) is 0 Å². The molecule has 0 bridgehead atoms. The lowest BCUT2D eigenvalue weighted by atomic mass is 9.78. The first-order valence-corrected chi connectivity index (χ1v) is 9.15. The summed E-state index contributed by atoms with van der Waals surface area (Å²) < 4.78 is 5.24. The van der Waals surface area contributed by atoms with Crippen molar-refractivity contribution in [3.8, 4) is 11.5 Å². The second-order valence-electron chi connectivity index (χ2n) is 7.98. The maximum atomic E-state index is 13.0. The van der Waals surface area contributed by atoms with E-state index in [1.165, 1.54) is 12.7 Å². The molecule has 1 aromatic rings. The summed E-state index contributed by atoms with van der Waals surface area (Å²) in [5.41, 5.74) is 3.08. The number of aromatic hydroxyl groups is 1. The van der Waals surface area contributed by atoms with Gasteiger partial charge in [-0.05, 0) is 56.1 Å². The molecule has 0 amide bonds. The predicted octanol–water partition coefficient (Wildman–Crippen LogP) is 5.43. The lowest BCUT2D eigenvalue weighted by Gasteiger charge is -2.25. The molecule has 0 atom stereocenters. The van der Waals surface area contributed by atoms with E-state index in [0.29, 0.717) is 11.5 Å². The van der Waals surface area contributed by atoms with E-state index in [-0.39, 0.29) is 22.3 Å². The van der Waals surface area contributed by atoms with Crippen LogP contribution in [0, 0.1) is 19.8 Å². The number of allylic oxidation sites excluding steroid dienone is 2. The monoisotopic (exact) mass is 346 g/mol. The van der Waals surface area contributed by atoms with Crippen LogP contribution in [0.25, 0.3) is 0 Å². The molecule has 0 aliphatic carbocycles. The summed E-state index contributed by atoms with van der Waals surface area (Å²) in [7, 11) is 1.48. The molecule has 0 aliphatic rings. The Morgan fingerprint density at radius 1 is 1.32 bits per heavy atom. The van der Waals surface area contributed by atoms with Gasteiger partial charge in [-0.15, -0.1) is 0 Å². The van der Waals surface area contributed by atoms with Gasteiger partial charge in [0.1, 0.15) is 0 Å². The smallest absolute Gasteiger partial charge is 0.189 e. The molecular formula is C22H34O3. The van der Waals surface area contributed by atoms with Crippen molar-refractivity contribution in [1.82, 2.24) is 0 Å². The summed E-state index contributed by atoms with van der Waals surface area (Å²) >= 11 is 0. The molecule has 0 heterocycles. The van der Waals surface area contributed by atoms with Gasteiger partial charge in [-0.25, -0.2) is 0 Å². The Bertz CT molecular complexity index is 697. The van der Waals surface area contributed by atoms with Crippen LogP contribution in [-0.2, 0) is 5.41 Å². The minimum atomic E-state index is -0.320. The van der Waals surface area contributed by atoms with E-state index in [9.17, 15) is 9.90 Å². The molecule has 1 rings (SSSR count). The minimum Gasteiger partial charge on any atom is -0.504 e. The highest BCUT2D eigenvalue weighted by Gasteiger charge is 2.26. The van der Waals surface area contributed by atoms with E-state index in [0.717, 1.165) is 30.4 Å². The van der Waals surface area contributed by atoms with E-state index < -0.39 is 0 Å². The van der Waals surface area contributed by atoms with Crippen molar-refractivity contribution >= 4 is 0 Å². The fourth-order valence-corrected chi connectivity index (χ4v) is 3.50. The molecule has 0 aromatic heterocycles. The van der Waals surface area contributed by atoms with Crippen LogP contribution in [0.2, 0.25) is 0 Å². The average molecular weight is 347 g/mol. The molecule has 0 unspecified atom stereocenters. The van der Waals surface area contributed by atoms with Gasteiger partial charge in [-0.3, -0.25) is 4.79 Å². The normalized spacial score (nSPS) is 12.6. The highest BCUT2D eigenvalue weighted by molar-refractivity contribution is 5.49. The van der Waals surface area contributed by atoms with Crippen LogP contribution in [0.15, 0.2) is 22.5 Å². The molecule has 0 aliphatic heterocycles. The third-order valence-electron chi connectivity index (χ3n) is 4.79. The van der Waals surface area contributed by atoms with Gasteiger partial charge in [0, 0.05) is 11.1 Å². The third-order valence-corrected chi connectivity index (χ3v) is 4.79. The second-order valence-corrected chi connectivity index (χ2v) is 7.98. The molecule has 25 heavy (non-hydrogen) atoms. The van der Waals surface area contributed by atoms with Gasteiger partial charge in [0.15, 0.2) is 16.9 Å². The number of aryl methyl sites for hydroxylation is 1. The summed E-state index contributed by atoms with van der Waals surface area (Å²) in [4.78, 5) is 13.0. The van der Waals surface area contributed by atoms with E-state index in [2.05, 4.69) is 40.7 Å². The first-order valence-electron chi connectivity index (χ1n) is 9.15. The maximum Gasteiger partial charge on any atom is 0.189 e. The summed E-state index contributed by atoms with van der Waals surface area (Å²) in [6.45, 7) is 14.4. The number of hydrogen-bond acceptors (Lipinski definition) is 3. The highest BCUT2D eigenvalue weighted by atomic mass is 16.5. The van der Waals surface area contributed by atoms with Crippen LogP contribution in [0.4, 0.5) is 0 Å². The number of ether oxygens (including phenoxy) is 1. The Morgan fingerprint density at radius 2 is 1.92 bits per heavy atom. The van der Waals surface area contributed by atoms with Crippen LogP contribution in [0.5, 0.6) is 11.5 Å². The summed E-state index contributed by atoms with van der Waals surface area (Å²) in [6.07, 6.45) is 5.21. The Kier molecular flexibility index (Phi) is 7.28. The minimum absolute atomic E-state index is 0.0150. The SMILES string of the molecule is CCC(=CCC(C)(C)c1c(C)cc(O)c(OC)c(C)c1=O)CC(C)C. The lowest BCUT2D eigenvalue weighted by Crippen LogP contribution is -2.27. The van der Waals surface area contributed by atoms with Crippen molar-refractivity contribution in [3.05, 3.63) is 44.6 Å². The van der Waals surface area contributed by atoms with Gasteiger partial charge in [0.2, 0.25) is 0 Å². The molecular weight excluding hydrogens is 312 g/mol. The fourth-order valence-electron chi connectivity index (χ4n) is 3.50. The lowest BCUT2D eigenvalue weighted by molar-refractivity contribution is 0.371. The average Bonchev–Trinajstić information content (AvgIpc) is 2.58. The second kappa shape index (κ2) is 8.55. The zero-order valence-corrected chi connectivity index (χ0v) is 17.1. The number of hydrogen-bond donors (Lipinski definition) is 1. The summed E-state index contributed by atoms with van der Waals surface area (Å²) in [6, 6.07) is 1.64. The van der Waals surface area contributed by atoms with Crippen LogP contribution >= 0.6 is 0 Å². The van der Waals surface area contributed by atoms with E-state index in [1.54, 1.807) is 13.0 Å². The van der Waals surface area contributed by atoms with Crippen LogP contribution in [0.1, 0.15) is 70.6 Å². The van der Waals surface area contributed by atoms with Crippen molar-refractivity contribution in [3.63, 3.8) is 0 Å². The Hall–Kier alpha value is -1.77. The molecule has 0 radical (unpaired) electrons. The molecule has 140 valence electrons. The molecule has 0 spiro atoms. The molecule has 1 N–H and O–H groups in total. The van der Waals surface area contributed by atoms with Crippen molar-refractivity contribution in [1.29, 1.82) is 0 Å². The maximum absolute atomic E-state index is 13.0. The number of rotatable bonds is 7. The van der Waals surface area contributed by atoms with Gasteiger partial charge in [-0.2, -0.15) is 0 Å². The number of methoxy groups -OCH3 is 1. The quantitative estimate of drug-likeness (QED) is 0.670. The van der Waals surface area contributed by atoms with Gasteiger partial charge >= 0.3 is 0 Å². The largest absolute Gasteiger partial charge is 0.504 e. The van der Waals surface area contributed by atoms with E-state index >= 15 is 0 Å².